The van der Waals surface area contributed by atoms with E-state index in [0.717, 1.165) is 11.1 Å². The van der Waals surface area contributed by atoms with Crippen LogP contribution in [0.5, 0.6) is 5.88 Å². The van der Waals surface area contributed by atoms with Crippen molar-refractivity contribution in [1.29, 1.82) is 0 Å². The Hall–Kier alpha value is -4.75. The number of aryl methyl sites for hydroxylation is 1. The topological polar surface area (TPSA) is 73.2 Å². The first-order valence-electron chi connectivity index (χ1n) is 12.1. The lowest BCUT2D eigenvalue weighted by Crippen LogP contribution is -2.12. The van der Waals surface area contributed by atoms with E-state index in [1.807, 2.05) is 31.2 Å². The first-order valence-corrected chi connectivity index (χ1v) is 12.5. The number of halogens is 2. The second kappa shape index (κ2) is 10.9. The molecule has 0 unspecified atom stereocenters. The van der Waals surface area contributed by atoms with Crippen molar-refractivity contribution in [2.24, 2.45) is 0 Å². The van der Waals surface area contributed by atoms with E-state index in [4.69, 9.17) is 21.4 Å². The summed E-state index contributed by atoms with van der Waals surface area (Å²) in [5.74, 6) is -1.19. The molecule has 1 aromatic heterocycles. The molecule has 6 nitrogen and oxygen atoms in total. The highest BCUT2D eigenvalue weighted by atomic mass is 35.5. The average Bonchev–Trinajstić information content (AvgIpc) is 3.28. The van der Waals surface area contributed by atoms with Crippen molar-refractivity contribution < 1.29 is 18.7 Å². The highest BCUT2D eigenvalue weighted by Crippen LogP contribution is 2.41. The summed E-state index contributed by atoms with van der Waals surface area (Å²) in [7, 11) is 0. The van der Waals surface area contributed by atoms with Gasteiger partial charge in [-0.2, -0.15) is 9.78 Å². The van der Waals surface area contributed by atoms with Gasteiger partial charge < -0.3 is 10.1 Å². The fraction of sp³-hybridized carbons (Fsp3) is 0.0645. The van der Waals surface area contributed by atoms with Crippen molar-refractivity contribution >= 4 is 29.2 Å². The summed E-state index contributed by atoms with van der Waals surface area (Å²) in [6.45, 7) is 3.27. The van der Waals surface area contributed by atoms with Gasteiger partial charge in [-0.25, -0.2) is 4.39 Å². The van der Waals surface area contributed by atoms with Gasteiger partial charge in [-0.3, -0.25) is 9.59 Å². The fourth-order valence-corrected chi connectivity index (χ4v) is 4.46. The zero-order valence-electron chi connectivity index (χ0n) is 21.1. The van der Waals surface area contributed by atoms with E-state index < -0.39 is 11.8 Å². The van der Waals surface area contributed by atoms with Crippen LogP contribution in [0.4, 0.5) is 10.1 Å². The molecule has 0 spiro atoms. The zero-order chi connectivity index (χ0) is 27.5. The molecule has 4 aromatic carbocycles. The van der Waals surface area contributed by atoms with Gasteiger partial charge in [0.25, 0.3) is 5.91 Å². The third kappa shape index (κ3) is 5.58. The van der Waals surface area contributed by atoms with Gasteiger partial charge >= 0.3 is 5.97 Å². The number of nitrogens with one attached hydrogen (secondary N) is 1. The summed E-state index contributed by atoms with van der Waals surface area (Å²) in [6.07, 6.45) is 0. The highest BCUT2D eigenvalue weighted by molar-refractivity contribution is 6.34. The third-order valence-corrected chi connectivity index (χ3v) is 6.31. The molecule has 0 aliphatic heterocycles. The number of amides is 1. The molecule has 0 radical (unpaired) electrons. The molecule has 0 atom stereocenters. The smallest absolute Gasteiger partial charge is 0.309 e. The van der Waals surface area contributed by atoms with E-state index in [1.54, 1.807) is 60.7 Å². The Morgan fingerprint density at radius 2 is 1.64 bits per heavy atom. The number of rotatable bonds is 6. The molecule has 0 fully saturated rings. The van der Waals surface area contributed by atoms with Crippen LogP contribution in [-0.4, -0.2) is 21.7 Å². The lowest BCUT2D eigenvalue weighted by molar-refractivity contribution is -0.132. The molecule has 0 aliphatic rings. The summed E-state index contributed by atoms with van der Waals surface area (Å²) in [4.78, 5) is 24.9. The van der Waals surface area contributed by atoms with Crippen molar-refractivity contribution in [2.75, 3.05) is 5.32 Å². The van der Waals surface area contributed by atoms with Crippen LogP contribution >= 0.6 is 11.6 Å². The highest BCUT2D eigenvalue weighted by Gasteiger charge is 2.25. The fourth-order valence-electron chi connectivity index (χ4n) is 4.23. The van der Waals surface area contributed by atoms with Crippen LogP contribution in [0, 0.1) is 12.7 Å². The minimum Gasteiger partial charge on any atom is -0.407 e. The van der Waals surface area contributed by atoms with E-state index in [9.17, 15) is 14.0 Å². The Balaban J connectivity index is 1.62. The van der Waals surface area contributed by atoms with Crippen LogP contribution in [0.1, 0.15) is 22.8 Å². The molecule has 8 heteroatoms. The number of hydrogen-bond acceptors (Lipinski definition) is 4. The van der Waals surface area contributed by atoms with E-state index in [2.05, 4.69) is 5.32 Å². The number of carbonyl (C=O) groups excluding carboxylic acids is 2. The molecular weight excluding hydrogens is 517 g/mol. The maximum Gasteiger partial charge on any atom is 0.309 e. The molecule has 5 rings (SSSR count). The number of ether oxygens (including phenoxy) is 1. The molecule has 0 saturated heterocycles. The Morgan fingerprint density at radius 3 is 2.33 bits per heavy atom. The molecule has 1 heterocycles. The van der Waals surface area contributed by atoms with Gasteiger partial charge in [-0.1, -0.05) is 65.7 Å². The second-order valence-corrected chi connectivity index (χ2v) is 9.30. The van der Waals surface area contributed by atoms with Gasteiger partial charge in [0.1, 0.15) is 11.5 Å². The van der Waals surface area contributed by atoms with E-state index >= 15 is 0 Å². The SMILES string of the molecule is CC(=O)Oc1c(-c2ccc(NC(=O)c3ccccc3Cl)cc2)c(-c2cccc(C)c2)nn1-c1cccc(F)c1. The predicted octanol–water partition coefficient (Wildman–Crippen LogP) is 7.48. The summed E-state index contributed by atoms with van der Waals surface area (Å²) < 4.78 is 21.3. The summed E-state index contributed by atoms with van der Waals surface area (Å²) in [5.41, 5.74) is 4.90. The molecule has 0 aliphatic carbocycles. The van der Waals surface area contributed by atoms with Crippen LogP contribution < -0.4 is 10.1 Å². The number of nitrogens with zero attached hydrogens (tertiary/aromatic N) is 2. The summed E-state index contributed by atoms with van der Waals surface area (Å²) >= 11 is 6.16. The number of carbonyl (C=O) groups is 2. The van der Waals surface area contributed by atoms with Crippen molar-refractivity contribution in [1.82, 2.24) is 9.78 Å². The first kappa shape index (κ1) is 25.9. The number of esters is 1. The number of aromatic nitrogens is 2. The largest absolute Gasteiger partial charge is 0.407 e. The van der Waals surface area contributed by atoms with Gasteiger partial charge in [-0.15, -0.1) is 0 Å². The zero-order valence-corrected chi connectivity index (χ0v) is 21.9. The molecule has 1 amide bonds. The standard InChI is InChI=1S/C31H23ClFN3O3/c1-19-7-5-8-22(17-19)29-28(31(39-20(2)37)36(35-29)25-10-6-9-23(33)18-25)21-13-15-24(16-14-21)34-30(38)26-11-3-4-12-27(26)32/h3-18H,1-2H3,(H,34,38). The summed E-state index contributed by atoms with van der Waals surface area (Å²) in [6, 6.07) is 27.5. The number of anilines is 1. The molecule has 194 valence electrons. The molecule has 1 N–H and O–H groups in total. The Kier molecular flexibility index (Phi) is 7.25. The second-order valence-electron chi connectivity index (χ2n) is 8.89. The van der Waals surface area contributed by atoms with Crippen molar-refractivity contribution in [3.05, 3.63) is 119 Å². The number of benzene rings is 4. The number of hydrogen-bond donors (Lipinski definition) is 1. The third-order valence-electron chi connectivity index (χ3n) is 5.98. The normalized spacial score (nSPS) is 10.8. The van der Waals surface area contributed by atoms with E-state index in [0.29, 0.717) is 38.8 Å². The Bertz CT molecular complexity index is 1700. The maximum atomic E-state index is 14.2. The van der Waals surface area contributed by atoms with Crippen LogP contribution in [0.15, 0.2) is 97.1 Å². The van der Waals surface area contributed by atoms with Gasteiger partial charge in [0, 0.05) is 18.2 Å². The molecular formula is C31H23ClFN3O3. The maximum absolute atomic E-state index is 14.2. The summed E-state index contributed by atoms with van der Waals surface area (Å²) in [5, 5.41) is 7.97. The van der Waals surface area contributed by atoms with Gasteiger partial charge in [0.05, 0.1) is 21.8 Å². The van der Waals surface area contributed by atoms with Gasteiger partial charge in [-0.05, 0) is 61.0 Å². The molecule has 0 bridgehead atoms. The molecule has 0 saturated carbocycles. The van der Waals surface area contributed by atoms with Crippen LogP contribution in [-0.2, 0) is 4.79 Å². The average molecular weight is 540 g/mol. The van der Waals surface area contributed by atoms with Crippen molar-refractivity contribution in [2.45, 2.75) is 13.8 Å². The minimum absolute atomic E-state index is 0.150. The van der Waals surface area contributed by atoms with Crippen molar-refractivity contribution in [3.8, 4) is 34.0 Å². The molecule has 39 heavy (non-hydrogen) atoms. The van der Waals surface area contributed by atoms with Gasteiger partial charge in [0.15, 0.2) is 0 Å². The Morgan fingerprint density at radius 1 is 0.897 bits per heavy atom. The lowest BCUT2D eigenvalue weighted by Gasteiger charge is -2.11. The first-order chi connectivity index (χ1) is 18.8. The van der Waals surface area contributed by atoms with Crippen LogP contribution in [0.2, 0.25) is 5.02 Å². The van der Waals surface area contributed by atoms with Crippen LogP contribution in [0.3, 0.4) is 0 Å². The molecule has 5 aromatic rings. The minimum atomic E-state index is -0.548. The monoisotopic (exact) mass is 539 g/mol. The van der Waals surface area contributed by atoms with Crippen molar-refractivity contribution in [3.63, 3.8) is 0 Å². The van der Waals surface area contributed by atoms with E-state index in [1.165, 1.54) is 23.7 Å². The van der Waals surface area contributed by atoms with E-state index in [-0.39, 0.29) is 11.8 Å². The Labute approximate surface area is 229 Å². The lowest BCUT2D eigenvalue weighted by atomic mass is 10.00. The predicted molar refractivity (Wildman–Crippen MR) is 150 cm³/mol. The van der Waals surface area contributed by atoms with Crippen LogP contribution in [0.25, 0.3) is 28.1 Å². The van der Waals surface area contributed by atoms with Gasteiger partial charge in [0.2, 0.25) is 5.88 Å². The quantitative estimate of drug-likeness (QED) is 0.227.